The van der Waals surface area contributed by atoms with Crippen LogP contribution in [0.5, 0.6) is 0 Å². The van der Waals surface area contributed by atoms with E-state index in [-0.39, 0.29) is 43.6 Å². The minimum Gasteiger partial charge on any atom is -0.474 e. The monoisotopic (exact) mass is 483 g/mol. The Morgan fingerprint density at radius 1 is 1.43 bits per heavy atom. The van der Waals surface area contributed by atoms with Crippen molar-refractivity contribution in [3.8, 4) is 11.1 Å². The van der Waals surface area contributed by atoms with Crippen LogP contribution in [-0.4, -0.2) is 68.1 Å². The van der Waals surface area contributed by atoms with Crippen molar-refractivity contribution in [2.45, 2.75) is 6.10 Å². The lowest BCUT2D eigenvalue weighted by Gasteiger charge is -2.18. The molecular formula is C23H26FN7O4. The van der Waals surface area contributed by atoms with E-state index in [9.17, 15) is 14.0 Å². The summed E-state index contributed by atoms with van der Waals surface area (Å²) in [6, 6.07) is 7.70. The van der Waals surface area contributed by atoms with Crippen LogP contribution < -0.4 is 20.9 Å². The molecule has 2 aromatic rings. The summed E-state index contributed by atoms with van der Waals surface area (Å²) in [5.74, 6) is -0.514. The second kappa shape index (κ2) is 11.7. The molecule has 12 heteroatoms. The van der Waals surface area contributed by atoms with E-state index in [1.165, 1.54) is 28.1 Å². The first-order chi connectivity index (χ1) is 16.9. The number of ether oxygens (including phenoxy) is 2. The van der Waals surface area contributed by atoms with Crippen LogP contribution in [0.3, 0.4) is 0 Å². The SMILES string of the molecule is C=CC(=N)OCC1CN(c2ccc(-c3ccc(N(C=N)CCNC(=O)CN)nc3)c(F)c2)C(=O)O1. The zero-order valence-corrected chi connectivity index (χ0v) is 18.9. The van der Waals surface area contributed by atoms with Crippen LogP contribution in [0.1, 0.15) is 0 Å². The number of carbonyl (C=O) groups excluding carboxylic acids is 2. The van der Waals surface area contributed by atoms with Crippen molar-refractivity contribution in [1.29, 1.82) is 10.8 Å². The van der Waals surface area contributed by atoms with E-state index in [0.29, 0.717) is 23.6 Å². The molecule has 1 atom stereocenters. The molecule has 0 bridgehead atoms. The summed E-state index contributed by atoms with van der Waals surface area (Å²) < 4.78 is 25.3. The summed E-state index contributed by atoms with van der Waals surface area (Å²) in [7, 11) is 0. The molecule has 0 radical (unpaired) electrons. The number of carbonyl (C=O) groups is 2. The molecule has 0 saturated carbocycles. The molecule has 0 spiro atoms. The lowest BCUT2D eigenvalue weighted by Crippen LogP contribution is -2.37. The highest BCUT2D eigenvalue weighted by molar-refractivity contribution is 5.90. The second-order valence-electron chi connectivity index (χ2n) is 7.44. The summed E-state index contributed by atoms with van der Waals surface area (Å²) in [5.41, 5.74) is 6.38. The Hall–Kier alpha value is -4.32. The number of nitrogens with one attached hydrogen (secondary N) is 3. The predicted molar refractivity (Wildman–Crippen MR) is 129 cm³/mol. The van der Waals surface area contributed by atoms with Crippen LogP contribution in [0.4, 0.5) is 20.7 Å². The average Bonchev–Trinajstić information content (AvgIpc) is 3.25. The Morgan fingerprint density at radius 2 is 2.23 bits per heavy atom. The van der Waals surface area contributed by atoms with Crippen molar-refractivity contribution in [1.82, 2.24) is 10.3 Å². The van der Waals surface area contributed by atoms with E-state index in [1.54, 1.807) is 24.3 Å². The molecule has 1 aromatic carbocycles. The van der Waals surface area contributed by atoms with Gasteiger partial charge in [-0.2, -0.15) is 0 Å². The number of aromatic nitrogens is 1. The van der Waals surface area contributed by atoms with E-state index >= 15 is 0 Å². The first-order valence-electron chi connectivity index (χ1n) is 10.7. The highest BCUT2D eigenvalue weighted by atomic mass is 19.1. The fourth-order valence-corrected chi connectivity index (χ4v) is 3.32. The smallest absolute Gasteiger partial charge is 0.414 e. The molecule has 184 valence electrons. The van der Waals surface area contributed by atoms with Crippen LogP contribution in [-0.2, 0) is 14.3 Å². The number of benzene rings is 1. The van der Waals surface area contributed by atoms with Gasteiger partial charge in [-0.05, 0) is 36.4 Å². The second-order valence-corrected chi connectivity index (χ2v) is 7.44. The van der Waals surface area contributed by atoms with Crippen molar-refractivity contribution in [3.63, 3.8) is 0 Å². The maximum atomic E-state index is 14.9. The normalized spacial score (nSPS) is 14.7. The van der Waals surface area contributed by atoms with Crippen LogP contribution in [0.15, 0.2) is 49.2 Å². The van der Waals surface area contributed by atoms with Gasteiger partial charge in [0.2, 0.25) is 11.8 Å². The summed E-state index contributed by atoms with van der Waals surface area (Å²) in [6.07, 6.45) is 2.57. The van der Waals surface area contributed by atoms with Crippen LogP contribution in [0, 0.1) is 16.6 Å². The topological polar surface area (TPSA) is 158 Å². The number of pyridine rings is 1. The van der Waals surface area contributed by atoms with E-state index in [0.717, 1.165) is 6.34 Å². The molecule has 1 saturated heterocycles. The van der Waals surface area contributed by atoms with Gasteiger partial charge in [0.1, 0.15) is 18.2 Å². The molecular weight excluding hydrogens is 457 g/mol. The number of nitrogens with zero attached hydrogens (tertiary/aromatic N) is 3. The van der Waals surface area contributed by atoms with Crippen molar-refractivity contribution >= 4 is 35.7 Å². The van der Waals surface area contributed by atoms with Gasteiger partial charge in [0.25, 0.3) is 0 Å². The third kappa shape index (κ3) is 6.38. The summed E-state index contributed by atoms with van der Waals surface area (Å²) in [6.45, 7) is 4.06. The molecule has 35 heavy (non-hydrogen) atoms. The Bertz CT molecular complexity index is 1110. The molecule has 1 aliphatic rings. The Kier molecular flexibility index (Phi) is 8.46. The minimum absolute atomic E-state index is 0.00215. The predicted octanol–water partition coefficient (Wildman–Crippen LogP) is 1.88. The van der Waals surface area contributed by atoms with E-state index < -0.39 is 18.0 Å². The molecule has 0 aliphatic carbocycles. The number of amides is 2. The molecule has 2 amide bonds. The summed E-state index contributed by atoms with van der Waals surface area (Å²) >= 11 is 0. The molecule has 1 aliphatic heterocycles. The van der Waals surface area contributed by atoms with Gasteiger partial charge in [0.15, 0.2) is 6.10 Å². The largest absolute Gasteiger partial charge is 0.474 e. The van der Waals surface area contributed by atoms with Gasteiger partial charge >= 0.3 is 6.09 Å². The fourth-order valence-electron chi connectivity index (χ4n) is 3.32. The van der Waals surface area contributed by atoms with Crippen LogP contribution in [0.25, 0.3) is 11.1 Å². The van der Waals surface area contributed by atoms with Gasteiger partial charge in [0, 0.05) is 30.4 Å². The highest BCUT2D eigenvalue weighted by Gasteiger charge is 2.33. The van der Waals surface area contributed by atoms with Gasteiger partial charge in [-0.3, -0.25) is 20.5 Å². The van der Waals surface area contributed by atoms with E-state index in [2.05, 4.69) is 16.9 Å². The maximum absolute atomic E-state index is 14.9. The van der Waals surface area contributed by atoms with Crippen molar-refractivity contribution in [2.75, 3.05) is 42.6 Å². The molecule has 2 heterocycles. The average molecular weight is 484 g/mol. The number of hydrogen-bond acceptors (Lipinski definition) is 8. The molecule has 11 nitrogen and oxygen atoms in total. The van der Waals surface area contributed by atoms with Crippen molar-refractivity contribution < 1.29 is 23.5 Å². The van der Waals surface area contributed by atoms with E-state index in [4.69, 9.17) is 26.0 Å². The Balaban J connectivity index is 1.66. The summed E-state index contributed by atoms with van der Waals surface area (Å²) in [5, 5.41) is 17.6. The summed E-state index contributed by atoms with van der Waals surface area (Å²) in [4.78, 5) is 30.6. The van der Waals surface area contributed by atoms with Gasteiger partial charge in [-0.25, -0.2) is 14.2 Å². The van der Waals surface area contributed by atoms with Crippen LogP contribution in [0.2, 0.25) is 0 Å². The molecule has 1 aromatic heterocycles. The third-order valence-electron chi connectivity index (χ3n) is 5.12. The molecule has 1 fully saturated rings. The number of anilines is 2. The van der Waals surface area contributed by atoms with Crippen molar-refractivity contribution in [2.24, 2.45) is 5.73 Å². The number of cyclic esters (lactones) is 1. The third-order valence-corrected chi connectivity index (χ3v) is 5.12. The van der Waals surface area contributed by atoms with Crippen molar-refractivity contribution in [3.05, 3.63) is 55.0 Å². The number of rotatable bonds is 11. The highest BCUT2D eigenvalue weighted by Crippen LogP contribution is 2.29. The first kappa shape index (κ1) is 25.3. The Labute approximate surface area is 201 Å². The van der Waals surface area contributed by atoms with Gasteiger partial charge in [-0.15, -0.1) is 0 Å². The number of nitrogens with two attached hydrogens (primary N) is 1. The quantitative estimate of drug-likeness (QED) is 0.281. The Morgan fingerprint density at radius 3 is 2.86 bits per heavy atom. The fraction of sp³-hybridized carbons (Fsp3) is 0.261. The number of halogens is 1. The molecule has 1 unspecified atom stereocenters. The first-order valence-corrected chi connectivity index (χ1v) is 10.7. The lowest BCUT2D eigenvalue weighted by atomic mass is 10.1. The minimum atomic E-state index is -0.628. The zero-order valence-electron chi connectivity index (χ0n) is 18.9. The van der Waals surface area contributed by atoms with Gasteiger partial charge in [-0.1, -0.05) is 6.58 Å². The zero-order chi connectivity index (χ0) is 25.4. The van der Waals surface area contributed by atoms with Gasteiger partial charge < -0.3 is 25.4 Å². The lowest BCUT2D eigenvalue weighted by molar-refractivity contribution is -0.119. The van der Waals surface area contributed by atoms with E-state index in [1.807, 2.05) is 0 Å². The molecule has 5 N–H and O–H groups in total. The maximum Gasteiger partial charge on any atom is 0.414 e. The van der Waals surface area contributed by atoms with Crippen LogP contribution >= 0.6 is 0 Å². The van der Waals surface area contributed by atoms with Gasteiger partial charge in [0.05, 0.1) is 25.1 Å². The molecule has 3 rings (SSSR count). The standard InChI is InChI=1S/C23H26FN7O4/c1-2-20(27)34-13-17-12-31(23(33)35-17)16-4-5-18(19(24)9-16)15-3-6-21(29-11-15)30(14-26)8-7-28-22(32)10-25/h2-6,9,11,14,17,26-27H,1,7-8,10,12-13,25H2,(H,28,32). The number of hydrogen-bond donors (Lipinski definition) is 4.